The Morgan fingerprint density at radius 1 is 1.43 bits per heavy atom. The number of rotatable bonds is 4. The van der Waals surface area contributed by atoms with Crippen LogP contribution in [0.25, 0.3) is 0 Å². The van der Waals surface area contributed by atoms with E-state index < -0.39 is 12.1 Å². The van der Waals surface area contributed by atoms with Gasteiger partial charge in [0.15, 0.2) is 6.10 Å². The Bertz CT molecular complexity index is 736. The Morgan fingerprint density at radius 2 is 2.22 bits per heavy atom. The highest BCUT2D eigenvalue weighted by Crippen LogP contribution is 2.21. The van der Waals surface area contributed by atoms with Crippen molar-refractivity contribution in [3.05, 3.63) is 47.8 Å². The number of nitrogens with zero attached hydrogens (tertiary/aromatic N) is 2. The van der Waals surface area contributed by atoms with Crippen LogP contribution in [-0.2, 0) is 22.5 Å². The smallest absolute Gasteiger partial charge is 0.339 e. The van der Waals surface area contributed by atoms with E-state index in [1.165, 1.54) is 0 Å². The molecule has 1 amide bonds. The van der Waals surface area contributed by atoms with Gasteiger partial charge in [0.1, 0.15) is 0 Å². The lowest BCUT2D eigenvalue weighted by atomic mass is 9.98. The number of aromatic nitrogens is 2. The monoisotopic (exact) mass is 313 g/mol. The molecule has 1 aliphatic rings. The third-order valence-corrected chi connectivity index (χ3v) is 3.70. The largest absolute Gasteiger partial charge is 0.448 e. The molecular formula is C17H19N3O3. The molecule has 2 aromatic rings. The second-order valence-electron chi connectivity index (χ2n) is 6.04. The molecule has 0 aliphatic carbocycles. The predicted octanol–water partition coefficient (Wildman–Crippen LogP) is 2.26. The summed E-state index contributed by atoms with van der Waals surface area (Å²) in [5, 5.41) is 2.75. The van der Waals surface area contributed by atoms with E-state index in [0.717, 1.165) is 12.1 Å². The Kier molecular flexibility index (Phi) is 4.14. The van der Waals surface area contributed by atoms with Crippen molar-refractivity contribution in [2.75, 3.05) is 5.32 Å². The van der Waals surface area contributed by atoms with Gasteiger partial charge in [-0.1, -0.05) is 32.0 Å². The number of carbonyl (C=O) groups is 2. The molecule has 0 fully saturated rings. The molecule has 120 valence electrons. The van der Waals surface area contributed by atoms with Crippen molar-refractivity contribution in [1.29, 1.82) is 0 Å². The van der Waals surface area contributed by atoms with Gasteiger partial charge >= 0.3 is 5.97 Å². The number of amides is 1. The Balaban J connectivity index is 1.73. The van der Waals surface area contributed by atoms with Gasteiger partial charge in [0.2, 0.25) is 5.95 Å². The minimum Gasteiger partial charge on any atom is -0.448 e. The van der Waals surface area contributed by atoms with Crippen molar-refractivity contribution in [2.45, 2.75) is 32.9 Å². The van der Waals surface area contributed by atoms with Gasteiger partial charge in [0.05, 0.1) is 5.56 Å². The fourth-order valence-corrected chi connectivity index (χ4v) is 2.64. The van der Waals surface area contributed by atoms with E-state index in [1.54, 1.807) is 18.3 Å². The fourth-order valence-electron chi connectivity index (χ4n) is 2.64. The van der Waals surface area contributed by atoms with E-state index in [0.29, 0.717) is 23.9 Å². The second-order valence-corrected chi connectivity index (χ2v) is 6.04. The van der Waals surface area contributed by atoms with Gasteiger partial charge in [-0.05, 0) is 17.5 Å². The molecular weight excluding hydrogens is 294 g/mol. The maximum atomic E-state index is 12.4. The lowest BCUT2D eigenvalue weighted by Crippen LogP contribution is -2.38. The molecule has 0 saturated heterocycles. The van der Waals surface area contributed by atoms with Crippen molar-refractivity contribution >= 4 is 17.8 Å². The summed E-state index contributed by atoms with van der Waals surface area (Å²) in [6, 6.07) is 7.18. The third-order valence-electron chi connectivity index (χ3n) is 3.70. The summed E-state index contributed by atoms with van der Waals surface area (Å²) in [6.45, 7) is 4.93. The van der Waals surface area contributed by atoms with Crippen molar-refractivity contribution in [3.63, 3.8) is 0 Å². The minimum absolute atomic E-state index is 0.357. The minimum atomic E-state index is -0.832. The normalized spacial score (nSPS) is 16.8. The Labute approximate surface area is 134 Å². The second kappa shape index (κ2) is 6.24. The molecule has 0 bridgehead atoms. The molecule has 3 rings (SSSR count). The molecule has 0 radical (unpaired) electrons. The lowest BCUT2D eigenvalue weighted by Gasteiger charge is -2.23. The van der Waals surface area contributed by atoms with Gasteiger partial charge in [-0.2, -0.15) is 0 Å². The number of carbonyl (C=O) groups excluding carboxylic acids is 2. The lowest BCUT2D eigenvalue weighted by molar-refractivity contribution is -0.125. The number of esters is 1. The van der Waals surface area contributed by atoms with E-state index >= 15 is 0 Å². The number of ether oxygens (including phenoxy) is 1. The predicted molar refractivity (Wildman–Crippen MR) is 85.0 cm³/mol. The van der Waals surface area contributed by atoms with Gasteiger partial charge in [-0.3, -0.25) is 10.1 Å². The molecule has 2 heterocycles. The van der Waals surface area contributed by atoms with E-state index in [2.05, 4.69) is 24.1 Å². The van der Waals surface area contributed by atoms with E-state index in [4.69, 9.17) is 4.74 Å². The third kappa shape index (κ3) is 3.26. The van der Waals surface area contributed by atoms with E-state index in [9.17, 15) is 9.59 Å². The van der Waals surface area contributed by atoms with Crippen LogP contribution >= 0.6 is 0 Å². The summed E-state index contributed by atoms with van der Waals surface area (Å²) in [6.07, 6.45) is 3.00. The summed E-state index contributed by atoms with van der Waals surface area (Å²) in [5.74, 6) is 0.0828. The first kappa shape index (κ1) is 15.3. The molecule has 1 aromatic carbocycles. The Hall–Kier alpha value is -2.63. The first-order valence-corrected chi connectivity index (χ1v) is 7.65. The summed E-state index contributed by atoms with van der Waals surface area (Å²) >= 11 is 0. The van der Waals surface area contributed by atoms with Crippen molar-refractivity contribution in [2.24, 2.45) is 5.92 Å². The highest BCUT2D eigenvalue weighted by atomic mass is 16.5. The zero-order chi connectivity index (χ0) is 16.4. The summed E-state index contributed by atoms with van der Waals surface area (Å²) in [5.41, 5.74) is 1.35. The number of imidazole rings is 1. The SMILES string of the molecule is CC(C)Cn1ccnc1NC(=O)[C@@H]1Cc2ccccc2C(=O)O1. The number of benzene rings is 1. The van der Waals surface area contributed by atoms with Crippen LogP contribution in [0.15, 0.2) is 36.7 Å². The summed E-state index contributed by atoms with van der Waals surface area (Å²) in [4.78, 5) is 28.6. The van der Waals surface area contributed by atoms with Crippen LogP contribution in [0.2, 0.25) is 0 Å². The van der Waals surface area contributed by atoms with Crippen LogP contribution in [0.3, 0.4) is 0 Å². The Morgan fingerprint density at radius 3 is 3.00 bits per heavy atom. The van der Waals surface area contributed by atoms with Crippen LogP contribution in [0.5, 0.6) is 0 Å². The van der Waals surface area contributed by atoms with Crippen molar-refractivity contribution in [3.8, 4) is 0 Å². The van der Waals surface area contributed by atoms with Gasteiger partial charge in [0.25, 0.3) is 5.91 Å². The molecule has 0 spiro atoms. The van der Waals surface area contributed by atoms with Gasteiger partial charge in [-0.25, -0.2) is 9.78 Å². The fraction of sp³-hybridized carbons (Fsp3) is 0.353. The molecule has 6 nitrogen and oxygen atoms in total. The van der Waals surface area contributed by atoms with Gasteiger partial charge in [0, 0.05) is 25.4 Å². The molecule has 1 aromatic heterocycles. The van der Waals surface area contributed by atoms with Crippen LogP contribution in [0.4, 0.5) is 5.95 Å². The maximum absolute atomic E-state index is 12.4. The molecule has 0 unspecified atom stereocenters. The summed E-state index contributed by atoms with van der Waals surface area (Å²) < 4.78 is 7.13. The van der Waals surface area contributed by atoms with Gasteiger partial charge < -0.3 is 9.30 Å². The zero-order valence-electron chi connectivity index (χ0n) is 13.2. The van der Waals surface area contributed by atoms with Crippen LogP contribution in [-0.4, -0.2) is 27.5 Å². The number of hydrogen-bond acceptors (Lipinski definition) is 4. The maximum Gasteiger partial charge on any atom is 0.339 e. The number of anilines is 1. The zero-order valence-corrected chi connectivity index (χ0v) is 13.2. The summed E-state index contributed by atoms with van der Waals surface area (Å²) in [7, 11) is 0. The molecule has 0 saturated carbocycles. The number of fused-ring (bicyclic) bond motifs is 1. The topological polar surface area (TPSA) is 73.2 Å². The first-order valence-electron chi connectivity index (χ1n) is 7.65. The highest BCUT2D eigenvalue weighted by Gasteiger charge is 2.31. The number of hydrogen-bond donors (Lipinski definition) is 1. The average molecular weight is 313 g/mol. The van der Waals surface area contributed by atoms with Crippen LogP contribution < -0.4 is 5.32 Å². The average Bonchev–Trinajstić information content (AvgIpc) is 2.93. The van der Waals surface area contributed by atoms with Crippen LogP contribution in [0, 0.1) is 5.92 Å². The van der Waals surface area contributed by atoms with Crippen molar-refractivity contribution in [1.82, 2.24) is 9.55 Å². The number of nitrogens with one attached hydrogen (secondary N) is 1. The highest BCUT2D eigenvalue weighted by molar-refractivity contribution is 5.99. The standard InChI is InChI=1S/C17H19N3O3/c1-11(2)10-20-8-7-18-17(20)19-15(21)14-9-12-5-3-4-6-13(12)16(22)23-14/h3-8,11,14H,9-10H2,1-2H3,(H,18,19,21)/t14-/m0/s1. The van der Waals surface area contributed by atoms with Crippen molar-refractivity contribution < 1.29 is 14.3 Å². The first-order chi connectivity index (χ1) is 11.0. The van der Waals surface area contributed by atoms with E-state index in [1.807, 2.05) is 22.9 Å². The molecule has 1 N–H and O–H groups in total. The molecule has 1 aliphatic heterocycles. The quantitative estimate of drug-likeness (QED) is 0.879. The van der Waals surface area contributed by atoms with Gasteiger partial charge in [-0.15, -0.1) is 0 Å². The number of cyclic esters (lactones) is 1. The molecule has 23 heavy (non-hydrogen) atoms. The van der Waals surface area contributed by atoms with Crippen LogP contribution in [0.1, 0.15) is 29.8 Å². The molecule has 1 atom stereocenters. The van der Waals surface area contributed by atoms with E-state index in [-0.39, 0.29) is 5.91 Å². The molecule has 6 heteroatoms.